The molecule has 20 heteroatoms. The molecule has 2 N–H and O–H groups in total. The molecule has 0 spiro atoms. The maximum atomic E-state index is 12.7. The lowest BCUT2D eigenvalue weighted by Crippen LogP contribution is -2.26. The van der Waals surface area contributed by atoms with Crippen molar-refractivity contribution in [3.63, 3.8) is 0 Å². The summed E-state index contributed by atoms with van der Waals surface area (Å²) in [4.78, 5) is 76.7. The van der Waals surface area contributed by atoms with Crippen LogP contribution in [0.1, 0.15) is 60.1 Å². The SMILES string of the molecule is C=CC(=O)C(=O)c1nc(-c2ccc(/C=C/c3ccc(-c4nc(C(=O)C(=O)C=C)nc(N(CC)CC)n4)cc3S(=O)(=O)O)c(S(=O)(=O)O)c2)nc(N(CC)CC)n1. The maximum Gasteiger partial charge on any atom is 0.295 e. The topological polar surface area (TPSA) is 261 Å². The number of hydrogen-bond acceptors (Lipinski definition) is 16. The van der Waals surface area contributed by atoms with Crippen molar-refractivity contribution in [2.24, 2.45) is 0 Å². The third kappa shape index (κ3) is 9.52. The van der Waals surface area contributed by atoms with Crippen molar-refractivity contribution in [2.75, 3.05) is 36.0 Å². The van der Waals surface area contributed by atoms with Crippen LogP contribution in [0.25, 0.3) is 34.9 Å². The minimum Gasteiger partial charge on any atom is -0.341 e. The van der Waals surface area contributed by atoms with Crippen molar-refractivity contribution in [1.29, 1.82) is 0 Å². The van der Waals surface area contributed by atoms with Gasteiger partial charge in [-0.2, -0.15) is 36.8 Å². The second-order valence-electron chi connectivity index (χ2n) is 11.5. The van der Waals surface area contributed by atoms with Crippen LogP contribution < -0.4 is 9.80 Å². The highest BCUT2D eigenvalue weighted by Crippen LogP contribution is 2.29. The van der Waals surface area contributed by atoms with E-state index in [1.165, 1.54) is 24.3 Å². The zero-order valence-electron chi connectivity index (χ0n) is 30.6. The molecule has 18 nitrogen and oxygen atoms in total. The van der Waals surface area contributed by atoms with Crippen molar-refractivity contribution in [3.05, 3.63) is 84.5 Å². The lowest BCUT2D eigenvalue weighted by Gasteiger charge is -2.19. The summed E-state index contributed by atoms with van der Waals surface area (Å²) in [5.41, 5.74) is -0.284. The Labute approximate surface area is 322 Å². The fourth-order valence-corrected chi connectivity index (χ4v) is 6.56. The van der Waals surface area contributed by atoms with Crippen molar-refractivity contribution < 1.29 is 45.1 Å². The Bertz CT molecular complexity index is 2340. The van der Waals surface area contributed by atoms with Crippen LogP contribution >= 0.6 is 0 Å². The zero-order chi connectivity index (χ0) is 41.5. The fourth-order valence-electron chi connectivity index (χ4n) is 5.14. The Morgan fingerprint density at radius 2 is 0.929 bits per heavy atom. The third-order valence-electron chi connectivity index (χ3n) is 8.11. The van der Waals surface area contributed by atoms with Crippen LogP contribution in [0.5, 0.6) is 0 Å². The average Bonchev–Trinajstić information content (AvgIpc) is 3.18. The van der Waals surface area contributed by atoms with Crippen LogP contribution in [-0.4, -0.2) is 105 Å². The minimum atomic E-state index is -4.98. The lowest BCUT2D eigenvalue weighted by atomic mass is 10.1. The summed E-state index contributed by atoms with van der Waals surface area (Å²) in [5.74, 6) is -5.52. The largest absolute Gasteiger partial charge is 0.341 e. The van der Waals surface area contributed by atoms with Crippen LogP contribution in [0, 0.1) is 0 Å². The van der Waals surface area contributed by atoms with Crippen molar-refractivity contribution in [3.8, 4) is 22.8 Å². The quantitative estimate of drug-likeness (QED) is 0.0478. The van der Waals surface area contributed by atoms with E-state index in [1.54, 1.807) is 37.5 Å². The standard InChI is InChI=1S/C36H36N8O10S2/c1-7-25(45)29(47)33-37-31(39-35(41-33)43(9-3)10-4)23-17-15-21(27(19-23)55(49,50)51)13-14-22-16-18-24(20-28(22)56(52,53)54)32-38-34(30(48)26(46)8-2)42-36(40-32)44(11-5)12-6/h7-8,13-20H,1-2,9-12H2,3-6H3,(H,49,50,51)(H,52,53,54)/b14-13+. The van der Waals surface area contributed by atoms with Crippen LogP contribution in [0.2, 0.25) is 0 Å². The minimum absolute atomic E-state index is 0.00253. The molecule has 2 aromatic heterocycles. The molecule has 0 radical (unpaired) electrons. The molecule has 0 fully saturated rings. The molecule has 0 unspecified atom stereocenters. The summed E-state index contributed by atoms with van der Waals surface area (Å²) < 4.78 is 71.0. The molecule has 4 aromatic rings. The van der Waals surface area contributed by atoms with E-state index < -0.39 is 64.8 Å². The zero-order valence-corrected chi connectivity index (χ0v) is 32.2. The summed E-state index contributed by atoms with van der Waals surface area (Å²) in [5, 5.41) is 0. The second kappa shape index (κ2) is 17.5. The number of rotatable bonds is 18. The molecular weight excluding hydrogens is 769 g/mol. The first-order chi connectivity index (χ1) is 26.4. The van der Waals surface area contributed by atoms with Gasteiger partial charge in [-0.05, 0) is 63.1 Å². The number of carbonyl (C=O) groups excluding carboxylic acids is 4. The van der Waals surface area contributed by atoms with E-state index in [9.17, 15) is 45.1 Å². The molecule has 2 heterocycles. The summed E-state index contributed by atoms with van der Waals surface area (Å²) in [6.45, 7) is 15.4. The van der Waals surface area contributed by atoms with E-state index in [-0.39, 0.29) is 45.8 Å². The van der Waals surface area contributed by atoms with Crippen LogP contribution in [0.4, 0.5) is 11.9 Å². The fraction of sp³-hybridized carbons (Fsp3) is 0.222. The van der Waals surface area contributed by atoms with E-state index in [0.29, 0.717) is 26.2 Å². The smallest absolute Gasteiger partial charge is 0.295 e. The average molecular weight is 805 g/mol. The van der Waals surface area contributed by atoms with E-state index in [2.05, 4.69) is 43.1 Å². The highest BCUT2D eigenvalue weighted by molar-refractivity contribution is 7.86. The predicted octanol–water partition coefficient (Wildman–Crippen LogP) is 3.62. The highest BCUT2D eigenvalue weighted by atomic mass is 32.2. The molecule has 56 heavy (non-hydrogen) atoms. The number of aromatic nitrogens is 6. The molecule has 0 amide bonds. The Morgan fingerprint density at radius 1 is 0.589 bits per heavy atom. The van der Waals surface area contributed by atoms with Crippen molar-refractivity contribution in [1.82, 2.24) is 29.9 Å². The molecule has 0 bridgehead atoms. The highest BCUT2D eigenvalue weighted by Gasteiger charge is 2.25. The summed E-state index contributed by atoms with van der Waals surface area (Å²) in [7, 11) is -9.97. The van der Waals surface area contributed by atoms with Gasteiger partial charge in [0, 0.05) is 37.3 Å². The molecule has 0 saturated heterocycles. The van der Waals surface area contributed by atoms with Gasteiger partial charge in [-0.25, -0.2) is 9.97 Å². The number of allylic oxidation sites excluding steroid dienone is 2. The lowest BCUT2D eigenvalue weighted by molar-refractivity contribution is -0.111. The van der Waals surface area contributed by atoms with Crippen molar-refractivity contribution >= 4 is 67.4 Å². The number of ketones is 4. The van der Waals surface area contributed by atoms with Gasteiger partial charge in [-0.3, -0.25) is 28.3 Å². The first-order valence-corrected chi connectivity index (χ1v) is 19.6. The molecule has 0 saturated carbocycles. The second-order valence-corrected chi connectivity index (χ2v) is 14.3. The normalized spacial score (nSPS) is 11.6. The van der Waals surface area contributed by atoms with Gasteiger partial charge in [-0.1, -0.05) is 49.6 Å². The Morgan fingerprint density at radius 3 is 1.21 bits per heavy atom. The molecule has 0 aliphatic rings. The van der Waals surface area contributed by atoms with Gasteiger partial charge >= 0.3 is 0 Å². The molecule has 2 aromatic carbocycles. The number of Topliss-reactive ketones (excluding diaryl/α,β-unsaturated/α-hetero) is 2. The van der Waals surface area contributed by atoms with Crippen LogP contribution in [0.3, 0.4) is 0 Å². The maximum absolute atomic E-state index is 12.7. The van der Waals surface area contributed by atoms with Gasteiger partial charge in [0.15, 0.2) is 11.6 Å². The molecule has 4 rings (SSSR count). The van der Waals surface area contributed by atoms with Gasteiger partial charge in [0.1, 0.15) is 9.79 Å². The van der Waals surface area contributed by atoms with E-state index in [4.69, 9.17) is 0 Å². The van der Waals surface area contributed by atoms with Crippen LogP contribution in [0.15, 0.2) is 71.5 Å². The van der Waals surface area contributed by atoms with E-state index in [1.807, 2.05) is 0 Å². The Hall–Kier alpha value is -6.22. The number of hydrogen-bond donors (Lipinski definition) is 2. The third-order valence-corrected chi connectivity index (χ3v) is 9.92. The first kappa shape index (κ1) is 42.5. The molecular formula is C36H36N8O10S2. The Kier molecular flexibility index (Phi) is 13.3. The van der Waals surface area contributed by atoms with E-state index in [0.717, 1.165) is 36.4 Å². The first-order valence-electron chi connectivity index (χ1n) is 16.8. The van der Waals surface area contributed by atoms with E-state index >= 15 is 0 Å². The van der Waals surface area contributed by atoms with Gasteiger partial charge in [0.05, 0.1) is 0 Å². The monoisotopic (exact) mass is 804 g/mol. The molecule has 0 atom stereocenters. The summed E-state index contributed by atoms with van der Waals surface area (Å²) in [6, 6.07) is 7.23. The van der Waals surface area contributed by atoms with Gasteiger partial charge in [0.25, 0.3) is 31.8 Å². The van der Waals surface area contributed by atoms with Gasteiger partial charge < -0.3 is 9.80 Å². The van der Waals surface area contributed by atoms with Gasteiger partial charge in [0.2, 0.25) is 35.1 Å². The molecule has 0 aliphatic heterocycles. The Balaban J connectivity index is 1.86. The summed E-state index contributed by atoms with van der Waals surface area (Å²) >= 11 is 0. The molecule has 292 valence electrons. The van der Waals surface area contributed by atoms with Gasteiger partial charge in [-0.15, -0.1) is 0 Å². The number of nitrogens with zero attached hydrogens (tertiary/aromatic N) is 8. The van der Waals surface area contributed by atoms with Crippen LogP contribution in [-0.2, 0) is 29.8 Å². The number of benzene rings is 2. The van der Waals surface area contributed by atoms with Crippen molar-refractivity contribution in [2.45, 2.75) is 37.5 Å². The summed E-state index contributed by atoms with van der Waals surface area (Å²) in [6.07, 6.45) is 3.90. The number of carbonyl (C=O) groups is 4. The number of anilines is 2. The predicted molar refractivity (Wildman–Crippen MR) is 205 cm³/mol. The molecule has 0 aliphatic carbocycles.